The molecule has 0 aliphatic heterocycles. The number of aliphatic hydroxyl groups excluding tert-OH is 1. The molecule has 0 radical (unpaired) electrons. The van der Waals surface area contributed by atoms with Crippen LogP contribution >= 0.6 is 38.9 Å². The molecule has 84 valence electrons. The first-order valence-electron chi connectivity index (χ1n) is 4.77. The molecular formula is C12H10BrClOS. The van der Waals surface area contributed by atoms with Crippen molar-refractivity contribution in [2.45, 2.75) is 13.0 Å². The molecule has 1 nitrogen and oxygen atoms in total. The minimum absolute atomic E-state index is 0.619. The van der Waals surface area contributed by atoms with Gasteiger partial charge in [0.05, 0.1) is 0 Å². The van der Waals surface area contributed by atoms with E-state index in [9.17, 15) is 5.11 Å². The van der Waals surface area contributed by atoms with Crippen LogP contribution in [0.1, 0.15) is 21.4 Å². The predicted octanol–water partition coefficient (Wildman–Crippen LogP) is 4.55. The van der Waals surface area contributed by atoms with Gasteiger partial charge in [-0.2, -0.15) is 0 Å². The summed E-state index contributed by atoms with van der Waals surface area (Å²) in [4.78, 5) is 2.12. The molecule has 0 fully saturated rings. The van der Waals surface area contributed by atoms with Gasteiger partial charge in [-0.3, -0.25) is 0 Å². The quantitative estimate of drug-likeness (QED) is 0.861. The monoisotopic (exact) mass is 316 g/mol. The molecule has 4 heteroatoms. The largest absolute Gasteiger partial charge is 0.383 e. The molecule has 1 heterocycles. The highest BCUT2D eigenvalue weighted by Gasteiger charge is 2.15. The van der Waals surface area contributed by atoms with Crippen LogP contribution in [0.4, 0.5) is 0 Å². The first-order chi connectivity index (χ1) is 7.58. The topological polar surface area (TPSA) is 20.2 Å². The minimum atomic E-state index is -0.619. The highest BCUT2D eigenvalue weighted by atomic mass is 79.9. The zero-order chi connectivity index (χ0) is 11.7. The van der Waals surface area contributed by atoms with E-state index in [-0.39, 0.29) is 0 Å². The molecule has 0 aliphatic carbocycles. The fourth-order valence-electron chi connectivity index (χ4n) is 1.48. The second kappa shape index (κ2) is 4.88. The molecule has 0 bridgehead atoms. The summed E-state index contributed by atoms with van der Waals surface area (Å²) in [6.45, 7) is 2.02. The van der Waals surface area contributed by atoms with E-state index in [1.165, 1.54) is 4.88 Å². The lowest BCUT2D eigenvalue weighted by atomic mass is 10.1. The first-order valence-corrected chi connectivity index (χ1v) is 6.76. The van der Waals surface area contributed by atoms with E-state index < -0.39 is 6.10 Å². The maximum Gasteiger partial charge on any atom is 0.114 e. The summed E-state index contributed by atoms with van der Waals surface area (Å²) >= 11 is 10.9. The van der Waals surface area contributed by atoms with Crippen molar-refractivity contribution in [1.29, 1.82) is 0 Å². The molecular weight excluding hydrogens is 308 g/mol. The van der Waals surface area contributed by atoms with Crippen LogP contribution in [0.2, 0.25) is 5.02 Å². The minimum Gasteiger partial charge on any atom is -0.383 e. The average Bonchev–Trinajstić information content (AvgIpc) is 2.67. The van der Waals surface area contributed by atoms with Crippen LogP contribution in [-0.4, -0.2) is 5.11 Å². The van der Waals surface area contributed by atoms with Crippen molar-refractivity contribution in [3.63, 3.8) is 0 Å². The van der Waals surface area contributed by atoms with Crippen LogP contribution in [0.25, 0.3) is 0 Å². The van der Waals surface area contributed by atoms with Gasteiger partial charge in [0.2, 0.25) is 0 Å². The smallest absolute Gasteiger partial charge is 0.114 e. The van der Waals surface area contributed by atoms with E-state index in [0.717, 1.165) is 14.9 Å². The molecule has 1 N–H and O–H groups in total. The molecule has 0 saturated heterocycles. The van der Waals surface area contributed by atoms with Crippen LogP contribution < -0.4 is 0 Å². The number of rotatable bonds is 2. The summed E-state index contributed by atoms with van der Waals surface area (Å²) in [6, 6.07) is 9.37. The normalized spacial score (nSPS) is 12.8. The van der Waals surface area contributed by atoms with Gasteiger partial charge in [0.1, 0.15) is 6.10 Å². The maximum atomic E-state index is 10.2. The van der Waals surface area contributed by atoms with Crippen LogP contribution in [0.15, 0.2) is 34.8 Å². The van der Waals surface area contributed by atoms with Crippen molar-refractivity contribution in [3.8, 4) is 0 Å². The predicted molar refractivity (Wildman–Crippen MR) is 72.3 cm³/mol. The third-order valence-electron chi connectivity index (χ3n) is 2.28. The van der Waals surface area contributed by atoms with E-state index in [1.54, 1.807) is 23.5 Å². The van der Waals surface area contributed by atoms with Crippen molar-refractivity contribution in [2.75, 3.05) is 0 Å². The molecule has 1 aromatic heterocycles. The number of aryl methyl sites for hydroxylation is 1. The second-order valence-electron chi connectivity index (χ2n) is 3.52. The zero-order valence-corrected chi connectivity index (χ0v) is 11.7. The van der Waals surface area contributed by atoms with Gasteiger partial charge in [0.25, 0.3) is 0 Å². The lowest BCUT2D eigenvalue weighted by Gasteiger charge is -2.11. The molecule has 1 aromatic carbocycles. The summed E-state index contributed by atoms with van der Waals surface area (Å²) in [6.07, 6.45) is -0.619. The third-order valence-corrected chi connectivity index (χ3v) is 4.29. The summed E-state index contributed by atoms with van der Waals surface area (Å²) < 4.78 is 0.871. The first kappa shape index (κ1) is 12.1. The highest BCUT2D eigenvalue weighted by Crippen LogP contribution is 2.33. The summed E-state index contributed by atoms with van der Waals surface area (Å²) in [5.41, 5.74) is 0.800. The van der Waals surface area contributed by atoms with E-state index in [0.29, 0.717) is 5.02 Å². The fraction of sp³-hybridized carbons (Fsp3) is 0.167. The van der Waals surface area contributed by atoms with Gasteiger partial charge in [-0.1, -0.05) is 27.5 Å². The average molecular weight is 318 g/mol. The summed E-state index contributed by atoms with van der Waals surface area (Å²) in [7, 11) is 0. The molecule has 0 amide bonds. The number of hydrogen-bond donors (Lipinski definition) is 1. The van der Waals surface area contributed by atoms with Crippen LogP contribution in [0.3, 0.4) is 0 Å². The Morgan fingerprint density at radius 3 is 2.69 bits per heavy atom. The van der Waals surface area contributed by atoms with Crippen molar-refractivity contribution in [3.05, 3.63) is 55.1 Å². The SMILES string of the molecule is Cc1ccc(C(O)c2cc(Cl)ccc2Br)s1. The van der Waals surface area contributed by atoms with Crippen molar-refractivity contribution in [1.82, 2.24) is 0 Å². The fourth-order valence-corrected chi connectivity index (χ4v) is 3.00. The lowest BCUT2D eigenvalue weighted by Crippen LogP contribution is -1.98. The number of benzene rings is 1. The standard InChI is InChI=1S/C12H10BrClOS/c1-7-2-5-11(16-7)12(15)9-6-8(14)3-4-10(9)13/h2-6,12,15H,1H3. The van der Waals surface area contributed by atoms with Crippen LogP contribution in [0, 0.1) is 6.92 Å². The van der Waals surface area contributed by atoms with Gasteiger partial charge >= 0.3 is 0 Å². The van der Waals surface area contributed by atoms with E-state index in [2.05, 4.69) is 15.9 Å². The van der Waals surface area contributed by atoms with E-state index >= 15 is 0 Å². The Kier molecular flexibility index (Phi) is 3.70. The zero-order valence-electron chi connectivity index (χ0n) is 8.58. The van der Waals surface area contributed by atoms with E-state index in [1.807, 2.05) is 25.1 Å². The highest BCUT2D eigenvalue weighted by molar-refractivity contribution is 9.10. The van der Waals surface area contributed by atoms with Crippen molar-refractivity contribution in [2.24, 2.45) is 0 Å². The number of aliphatic hydroxyl groups is 1. The van der Waals surface area contributed by atoms with Gasteiger partial charge in [0, 0.05) is 24.8 Å². The van der Waals surface area contributed by atoms with Gasteiger partial charge < -0.3 is 5.11 Å². The van der Waals surface area contributed by atoms with Crippen LogP contribution in [-0.2, 0) is 0 Å². The Balaban J connectivity index is 2.40. The van der Waals surface area contributed by atoms with Gasteiger partial charge in [-0.25, -0.2) is 0 Å². The third kappa shape index (κ3) is 2.48. The van der Waals surface area contributed by atoms with Gasteiger partial charge in [0.15, 0.2) is 0 Å². The molecule has 2 aromatic rings. The van der Waals surface area contributed by atoms with Gasteiger partial charge in [-0.05, 0) is 37.3 Å². The molecule has 2 rings (SSSR count). The molecule has 16 heavy (non-hydrogen) atoms. The summed E-state index contributed by atoms with van der Waals surface area (Å²) in [5.74, 6) is 0. The Morgan fingerprint density at radius 2 is 2.06 bits per heavy atom. The number of halogens is 2. The lowest BCUT2D eigenvalue weighted by molar-refractivity contribution is 0.223. The molecule has 0 saturated carbocycles. The number of thiophene rings is 1. The Hall–Kier alpha value is -0.350. The molecule has 1 unspecified atom stereocenters. The Bertz CT molecular complexity index is 509. The molecule has 1 atom stereocenters. The molecule has 0 spiro atoms. The molecule has 0 aliphatic rings. The maximum absolute atomic E-state index is 10.2. The second-order valence-corrected chi connectivity index (χ2v) is 6.13. The number of hydrogen-bond acceptors (Lipinski definition) is 2. The Morgan fingerprint density at radius 1 is 1.31 bits per heavy atom. The van der Waals surface area contributed by atoms with Crippen molar-refractivity contribution < 1.29 is 5.11 Å². The Labute approximate surface area is 112 Å². The van der Waals surface area contributed by atoms with Crippen LogP contribution in [0.5, 0.6) is 0 Å². The summed E-state index contributed by atoms with van der Waals surface area (Å²) in [5, 5.41) is 10.9. The van der Waals surface area contributed by atoms with Crippen molar-refractivity contribution >= 4 is 38.9 Å². The van der Waals surface area contributed by atoms with E-state index in [4.69, 9.17) is 11.6 Å². The van der Waals surface area contributed by atoms with Gasteiger partial charge in [-0.15, -0.1) is 11.3 Å².